The molecule has 1 aliphatic heterocycles. The Labute approximate surface area is 186 Å². The highest BCUT2D eigenvalue weighted by molar-refractivity contribution is 14.0. The number of carbonyl (C=O) groups excluding carboxylic acids is 2. The number of halogens is 1. The molecule has 4 rings (SSSR count). The molecule has 28 heavy (non-hydrogen) atoms. The van der Waals surface area contributed by atoms with Crippen LogP contribution in [0.4, 0.5) is 0 Å². The lowest BCUT2D eigenvalue weighted by Gasteiger charge is -2.18. The second-order valence-corrected chi connectivity index (χ2v) is 8.45. The predicted octanol–water partition coefficient (Wildman–Crippen LogP) is 1.80. The highest BCUT2D eigenvalue weighted by Crippen LogP contribution is 2.52. The highest BCUT2D eigenvalue weighted by Gasteiger charge is 2.58. The van der Waals surface area contributed by atoms with E-state index in [1.54, 1.807) is 18.4 Å². The SMILES string of the molecule is CCc1cnc(CNC(=NC)NCCN2C(=O)C3C4C=CC(C4)C3C2=O)s1.I. The van der Waals surface area contributed by atoms with Crippen LogP contribution in [0, 0.1) is 23.7 Å². The summed E-state index contributed by atoms with van der Waals surface area (Å²) >= 11 is 1.69. The molecule has 9 heteroatoms. The van der Waals surface area contributed by atoms with Crippen molar-refractivity contribution in [1.29, 1.82) is 0 Å². The number of guanidine groups is 1. The van der Waals surface area contributed by atoms with Crippen molar-refractivity contribution >= 4 is 53.1 Å². The maximum atomic E-state index is 12.7. The minimum Gasteiger partial charge on any atom is -0.355 e. The summed E-state index contributed by atoms with van der Waals surface area (Å²) < 4.78 is 0. The molecule has 1 saturated carbocycles. The van der Waals surface area contributed by atoms with Crippen LogP contribution < -0.4 is 10.6 Å². The van der Waals surface area contributed by atoms with E-state index in [0.29, 0.717) is 25.6 Å². The zero-order valence-electron chi connectivity index (χ0n) is 16.1. The summed E-state index contributed by atoms with van der Waals surface area (Å²) in [6, 6.07) is 0. The van der Waals surface area contributed by atoms with Gasteiger partial charge in [-0.1, -0.05) is 19.1 Å². The molecule has 2 aliphatic carbocycles. The van der Waals surface area contributed by atoms with E-state index in [1.165, 1.54) is 9.78 Å². The van der Waals surface area contributed by atoms with E-state index in [4.69, 9.17) is 0 Å². The number of likely N-dealkylation sites (tertiary alicyclic amines) is 1. The molecule has 2 heterocycles. The zero-order valence-corrected chi connectivity index (χ0v) is 19.2. The molecule has 3 aliphatic rings. The third-order valence-corrected chi connectivity index (χ3v) is 6.91. The summed E-state index contributed by atoms with van der Waals surface area (Å²) in [6.45, 7) is 3.58. The van der Waals surface area contributed by atoms with Crippen LogP contribution >= 0.6 is 35.3 Å². The number of imide groups is 1. The Morgan fingerprint density at radius 1 is 1.25 bits per heavy atom. The van der Waals surface area contributed by atoms with Gasteiger partial charge in [0.05, 0.1) is 18.4 Å². The van der Waals surface area contributed by atoms with Crippen molar-refractivity contribution in [2.75, 3.05) is 20.1 Å². The van der Waals surface area contributed by atoms with Gasteiger partial charge in [-0.15, -0.1) is 35.3 Å². The first-order chi connectivity index (χ1) is 13.1. The number of aryl methyl sites for hydroxylation is 1. The molecular weight excluding hydrogens is 489 g/mol. The van der Waals surface area contributed by atoms with Crippen molar-refractivity contribution in [2.24, 2.45) is 28.7 Å². The Hall–Kier alpha value is -1.49. The van der Waals surface area contributed by atoms with Crippen molar-refractivity contribution in [3.63, 3.8) is 0 Å². The fraction of sp³-hybridized carbons (Fsp3) is 0.579. The second kappa shape index (κ2) is 8.89. The summed E-state index contributed by atoms with van der Waals surface area (Å²) in [5, 5.41) is 7.42. The molecule has 0 aromatic carbocycles. The molecular formula is C19H26IN5O2S. The maximum absolute atomic E-state index is 12.7. The number of fused-ring (bicyclic) bond motifs is 5. The number of aliphatic imine (C=N–C) groups is 1. The summed E-state index contributed by atoms with van der Waals surface area (Å²) in [7, 11) is 1.70. The van der Waals surface area contributed by atoms with Gasteiger partial charge in [0.2, 0.25) is 11.8 Å². The number of nitrogens with zero attached hydrogens (tertiary/aromatic N) is 3. The van der Waals surface area contributed by atoms with E-state index in [1.807, 2.05) is 6.20 Å². The standard InChI is InChI=1S/C19H25N5O2S.HI/c1-3-13-9-22-14(27-13)10-23-19(20-2)21-6-7-24-17(25)15-11-4-5-12(8-11)16(15)18(24)26;/h4-5,9,11-12,15-16H,3,6-8,10H2,1-2H3,(H2,20,21,23);1H. The number of hydrogen-bond donors (Lipinski definition) is 2. The van der Waals surface area contributed by atoms with E-state index in [9.17, 15) is 9.59 Å². The maximum Gasteiger partial charge on any atom is 0.233 e. The van der Waals surface area contributed by atoms with Crippen LogP contribution in [0.25, 0.3) is 0 Å². The van der Waals surface area contributed by atoms with Gasteiger partial charge in [0.15, 0.2) is 5.96 Å². The van der Waals surface area contributed by atoms with E-state index in [0.717, 1.165) is 17.8 Å². The Morgan fingerprint density at radius 3 is 2.50 bits per heavy atom. The lowest BCUT2D eigenvalue weighted by Crippen LogP contribution is -2.43. The minimum absolute atomic E-state index is 0. The number of nitrogens with one attached hydrogen (secondary N) is 2. The molecule has 0 spiro atoms. The molecule has 1 aromatic rings. The van der Waals surface area contributed by atoms with E-state index >= 15 is 0 Å². The van der Waals surface area contributed by atoms with Gasteiger partial charge in [-0.05, 0) is 24.7 Å². The monoisotopic (exact) mass is 515 g/mol. The van der Waals surface area contributed by atoms with Gasteiger partial charge in [0, 0.05) is 31.2 Å². The topological polar surface area (TPSA) is 86.7 Å². The average Bonchev–Trinajstić information content (AvgIpc) is 3.44. The number of carbonyl (C=O) groups is 2. The Bertz CT molecular complexity index is 778. The van der Waals surface area contributed by atoms with Crippen LogP contribution in [-0.2, 0) is 22.6 Å². The minimum atomic E-state index is -0.123. The molecule has 4 unspecified atom stereocenters. The largest absolute Gasteiger partial charge is 0.355 e. The second-order valence-electron chi connectivity index (χ2n) is 7.25. The summed E-state index contributed by atoms with van der Waals surface area (Å²) in [5.74, 6) is 0.919. The normalized spacial score (nSPS) is 27.9. The lowest BCUT2D eigenvalue weighted by molar-refractivity contribution is -0.140. The fourth-order valence-corrected chi connectivity index (χ4v) is 5.25. The van der Waals surface area contributed by atoms with Crippen molar-refractivity contribution in [3.05, 3.63) is 28.2 Å². The van der Waals surface area contributed by atoms with Gasteiger partial charge in [-0.2, -0.15) is 0 Å². The Balaban J connectivity index is 0.00000225. The molecule has 1 aromatic heterocycles. The van der Waals surface area contributed by atoms with Crippen molar-refractivity contribution in [3.8, 4) is 0 Å². The number of hydrogen-bond acceptors (Lipinski definition) is 5. The number of amides is 2. The van der Waals surface area contributed by atoms with Gasteiger partial charge in [0.25, 0.3) is 0 Å². The first-order valence-electron chi connectivity index (χ1n) is 9.54. The van der Waals surface area contributed by atoms with Crippen LogP contribution in [0.3, 0.4) is 0 Å². The summed E-state index contributed by atoms with van der Waals surface area (Å²) in [6.07, 6.45) is 8.09. The van der Waals surface area contributed by atoms with Gasteiger partial charge >= 0.3 is 0 Å². The van der Waals surface area contributed by atoms with Gasteiger partial charge in [0.1, 0.15) is 5.01 Å². The molecule has 2 N–H and O–H groups in total. The van der Waals surface area contributed by atoms with Gasteiger partial charge < -0.3 is 10.6 Å². The third kappa shape index (κ3) is 3.83. The van der Waals surface area contributed by atoms with Crippen LogP contribution in [-0.4, -0.2) is 47.8 Å². The number of aromatic nitrogens is 1. The third-order valence-electron chi connectivity index (χ3n) is 5.77. The molecule has 0 radical (unpaired) electrons. The van der Waals surface area contributed by atoms with Gasteiger partial charge in [-0.3, -0.25) is 19.5 Å². The predicted molar refractivity (Wildman–Crippen MR) is 120 cm³/mol. The smallest absolute Gasteiger partial charge is 0.233 e. The first-order valence-corrected chi connectivity index (χ1v) is 10.4. The molecule has 4 atom stereocenters. The van der Waals surface area contributed by atoms with E-state index in [-0.39, 0.29) is 59.5 Å². The number of rotatable bonds is 6. The van der Waals surface area contributed by atoms with E-state index in [2.05, 4.69) is 39.7 Å². The lowest BCUT2D eigenvalue weighted by atomic mass is 9.85. The molecule has 2 amide bonds. The van der Waals surface area contributed by atoms with Crippen LogP contribution in [0.5, 0.6) is 0 Å². The quantitative estimate of drug-likeness (QED) is 0.199. The van der Waals surface area contributed by atoms with Crippen LogP contribution in [0.15, 0.2) is 23.3 Å². The average molecular weight is 515 g/mol. The van der Waals surface area contributed by atoms with E-state index < -0.39 is 0 Å². The first kappa shape index (κ1) is 21.2. The van der Waals surface area contributed by atoms with Crippen molar-refractivity contribution in [1.82, 2.24) is 20.5 Å². The molecule has 152 valence electrons. The Morgan fingerprint density at radius 2 is 1.93 bits per heavy atom. The van der Waals surface area contributed by atoms with Crippen molar-refractivity contribution in [2.45, 2.75) is 26.3 Å². The number of thiazole rings is 1. The van der Waals surface area contributed by atoms with Crippen LogP contribution in [0.2, 0.25) is 0 Å². The summed E-state index contributed by atoms with van der Waals surface area (Å²) in [5.41, 5.74) is 0. The molecule has 7 nitrogen and oxygen atoms in total. The van der Waals surface area contributed by atoms with Gasteiger partial charge in [-0.25, -0.2) is 4.98 Å². The highest BCUT2D eigenvalue weighted by atomic mass is 127. The molecule has 2 bridgehead atoms. The zero-order chi connectivity index (χ0) is 19.0. The number of allylic oxidation sites excluding steroid dienone is 2. The Kier molecular flexibility index (Phi) is 6.74. The molecule has 1 saturated heterocycles. The fourth-order valence-electron chi connectivity index (χ4n) is 4.44. The van der Waals surface area contributed by atoms with Crippen LogP contribution in [0.1, 0.15) is 23.2 Å². The van der Waals surface area contributed by atoms with Crippen molar-refractivity contribution < 1.29 is 9.59 Å². The molecule has 2 fully saturated rings. The summed E-state index contributed by atoms with van der Waals surface area (Å²) in [4.78, 5) is 36.6.